The molecule has 0 radical (unpaired) electrons. The van der Waals surface area contributed by atoms with Crippen LogP contribution in [0.4, 0.5) is 0 Å². The fourth-order valence-corrected chi connectivity index (χ4v) is 1.61. The molecule has 66 valence electrons. The zero-order valence-corrected chi connectivity index (χ0v) is 7.60. The molecule has 0 saturated carbocycles. The predicted molar refractivity (Wildman–Crippen MR) is 48.8 cm³/mol. The van der Waals surface area contributed by atoms with E-state index in [0.29, 0.717) is 0 Å². The summed E-state index contributed by atoms with van der Waals surface area (Å²) in [5.41, 5.74) is 0. The Morgan fingerprint density at radius 3 is 2.64 bits per heavy atom. The summed E-state index contributed by atoms with van der Waals surface area (Å²) in [6.07, 6.45) is 4.15. The lowest BCUT2D eigenvalue weighted by atomic mass is 10.4. The summed E-state index contributed by atoms with van der Waals surface area (Å²) >= 11 is 0. The Kier molecular flexibility index (Phi) is 4.55. The smallest absolute Gasteiger partial charge is 0.000664 e. The molecule has 0 aromatic heterocycles. The Bertz CT molecular complexity index is 87.6. The van der Waals surface area contributed by atoms with Crippen LogP contribution in [0.15, 0.2) is 0 Å². The highest BCUT2D eigenvalue weighted by Gasteiger charge is 2.09. The van der Waals surface area contributed by atoms with Crippen LogP contribution in [-0.4, -0.2) is 37.6 Å². The summed E-state index contributed by atoms with van der Waals surface area (Å²) in [5, 5.41) is 3.35. The molecule has 1 heterocycles. The molecule has 1 aliphatic rings. The van der Waals surface area contributed by atoms with Crippen LogP contribution in [0.1, 0.15) is 26.2 Å². The van der Waals surface area contributed by atoms with Crippen LogP contribution in [0.3, 0.4) is 0 Å². The Hall–Kier alpha value is -0.0800. The number of hydrogen-bond acceptors (Lipinski definition) is 2. The third kappa shape index (κ3) is 3.73. The SMILES string of the molecule is CCNCCCN1CCCC1. The number of nitrogens with one attached hydrogen (secondary N) is 1. The van der Waals surface area contributed by atoms with Crippen molar-refractivity contribution in [3.8, 4) is 0 Å². The molecule has 0 unspecified atom stereocenters. The van der Waals surface area contributed by atoms with Crippen molar-refractivity contribution in [1.82, 2.24) is 10.2 Å². The van der Waals surface area contributed by atoms with Crippen LogP contribution < -0.4 is 5.32 Å². The molecule has 2 heteroatoms. The average Bonchev–Trinajstić information content (AvgIpc) is 2.50. The molecule has 1 saturated heterocycles. The lowest BCUT2D eigenvalue weighted by molar-refractivity contribution is 0.331. The maximum Gasteiger partial charge on any atom is -0.000664 e. The van der Waals surface area contributed by atoms with Gasteiger partial charge in [-0.1, -0.05) is 6.92 Å². The van der Waals surface area contributed by atoms with Gasteiger partial charge in [-0.2, -0.15) is 0 Å². The zero-order chi connectivity index (χ0) is 7.94. The van der Waals surface area contributed by atoms with Gasteiger partial charge in [0.2, 0.25) is 0 Å². The van der Waals surface area contributed by atoms with Crippen molar-refractivity contribution in [2.45, 2.75) is 26.2 Å². The number of rotatable bonds is 5. The van der Waals surface area contributed by atoms with E-state index in [4.69, 9.17) is 0 Å². The van der Waals surface area contributed by atoms with E-state index in [2.05, 4.69) is 17.1 Å². The van der Waals surface area contributed by atoms with Gasteiger partial charge in [0.25, 0.3) is 0 Å². The number of likely N-dealkylation sites (tertiary alicyclic amines) is 1. The van der Waals surface area contributed by atoms with Crippen molar-refractivity contribution >= 4 is 0 Å². The molecule has 1 rings (SSSR count). The van der Waals surface area contributed by atoms with Gasteiger partial charge in [-0.05, 0) is 52.0 Å². The first-order valence-electron chi connectivity index (χ1n) is 4.86. The quantitative estimate of drug-likeness (QED) is 0.599. The summed E-state index contributed by atoms with van der Waals surface area (Å²) in [7, 11) is 0. The molecule has 0 amide bonds. The monoisotopic (exact) mass is 156 g/mol. The molecule has 2 nitrogen and oxygen atoms in total. The first-order valence-corrected chi connectivity index (χ1v) is 4.86. The third-order valence-corrected chi connectivity index (χ3v) is 2.28. The second-order valence-corrected chi connectivity index (χ2v) is 3.26. The molecule has 0 spiro atoms. The Labute approximate surface area is 70.0 Å². The van der Waals surface area contributed by atoms with Crippen LogP contribution in [0.25, 0.3) is 0 Å². The normalized spacial score (nSPS) is 19.4. The van der Waals surface area contributed by atoms with Crippen LogP contribution in [0, 0.1) is 0 Å². The second-order valence-electron chi connectivity index (χ2n) is 3.26. The summed E-state index contributed by atoms with van der Waals surface area (Å²) in [6, 6.07) is 0. The van der Waals surface area contributed by atoms with Gasteiger partial charge in [0, 0.05) is 0 Å². The number of nitrogens with zero attached hydrogens (tertiary/aromatic N) is 1. The van der Waals surface area contributed by atoms with Gasteiger partial charge < -0.3 is 10.2 Å². The molecule has 0 atom stereocenters. The lowest BCUT2D eigenvalue weighted by Crippen LogP contribution is -2.24. The minimum atomic E-state index is 1.11. The predicted octanol–water partition coefficient (Wildman–Crippen LogP) is 1.08. The Balaban J connectivity index is 1.86. The molecule has 0 aliphatic carbocycles. The average molecular weight is 156 g/mol. The van der Waals surface area contributed by atoms with Crippen molar-refractivity contribution in [1.29, 1.82) is 0 Å². The lowest BCUT2D eigenvalue weighted by Gasteiger charge is -2.13. The second kappa shape index (κ2) is 5.56. The fourth-order valence-electron chi connectivity index (χ4n) is 1.61. The van der Waals surface area contributed by atoms with E-state index in [-0.39, 0.29) is 0 Å². The van der Waals surface area contributed by atoms with E-state index in [1.165, 1.54) is 45.4 Å². The first kappa shape index (κ1) is 9.01. The molecule has 11 heavy (non-hydrogen) atoms. The van der Waals surface area contributed by atoms with E-state index in [1.54, 1.807) is 0 Å². The molecular weight excluding hydrogens is 136 g/mol. The van der Waals surface area contributed by atoms with Gasteiger partial charge in [-0.25, -0.2) is 0 Å². The maximum atomic E-state index is 3.35. The highest BCUT2D eigenvalue weighted by Crippen LogP contribution is 2.06. The van der Waals surface area contributed by atoms with E-state index in [0.717, 1.165) is 6.54 Å². The topological polar surface area (TPSA) is 15.3 Å². The van der Waals surface area contributed by atoms with E-state index in [1.807, 2.05) is 0 Å². The van der Waals surface area contributed by atoms with E-state index in [9.17, 15) is 0 Å². The first-order chi connectivity index (χ1) is 5.43. The molecule has 1 aliphatic heterocycles. The molecule has 0 aromatic carbocycles. The van der Waals surface area contributed by atoms with Gasteiger partial charge in [0.05, 0.1) is 0 Å². The highest BCUT2D eigenvalue weighted by atomic mass is 15.1. The Morgan fingerprint density at radius 1 is 1.27 bits per heavy atom. The number of hydrogen-bond donors (Lipinski definition) is 1. The fraction of sp³-hybridized carbons (Fsp3) is 1.00. The maximum absolute atomic E-state index is 3.35. The molecule has 0 bridgehead atoms. The third-order valence-electron chi connectivity index (χ3n) is 2.28. The summed E-state index contributed by atoms with van der Waals surface area (Å²) in [5.74, 6) is 0. The van der Waals surface area contributed by atoms with Gasteiger partial charge in [-0.3, -0.25) is 0 Å². The Morgan fingerprint density at radius 2 is 2.00 bits per heavy atom. The van der Waals surface area contributed by atoms with Crippen molar-refractivity contribution in [3.05, 3.63) is 0 Å². The molecule has 1 N–H and O–H groups in total. The summed E-state index contributed by atoms with van der Waals surface area (Å²) < 4.78 is 0. The van der Waals surface area contributed by atoms with E-state index < -0.39 is 0 Å². The van der Waals surface area contributed by atoms with Gasteiger partial charge in [-0.15, -0.1) is 0 Å². The standard InChI is InChI=1S/C9H20N2/c1-2-10-6-5-9-11-7-3-4-8-11/h10H,2-9H2,1H3. The van der Waals surface area contributed by atoms with Crippen molar-refractivity contribution in [3.63, 3.8) is 0 Å². The van der Waals surface area contributed by atoms with Gasteiger partial charge in [0.15, 0.2) is 0 Å². The minimum Gasteiger partial charge on any atom is -0.317 e. The van der Waals surface area contributed by atoms with Gasteiger partial charge in [0.1, 0.15) is 0 Å². The molecular formula is C9H20N2. The summed E-state index contributed by atoms with van der Waals surface area (Å²) in [6.45, 7) is 8.44. The largest absolute Gasteiger partial charge is 0.317 e. The minimum absolute atomic E-state index is 1.11. The van der Waals surface area contributed by atoms with Crippen molar-refractivity contribution in [2.75, 3.05) is 32.7 Å². The van der Waals surface area contributed by atoms with Crippen LogP contribution >= 0.6 is 0 Å². The van der Waals surface area contributed by atoms with Crippen LogP contribution in [0.2, 0.25) is 0 Å². The zero-order valence-electron chi connectivity index (χ0n) is 7.60. The van der Waals surface area contributed by atoms with Crippen molar-refractivity contribution in [2.24, 2.45) is 0 Å². The van der Waals surface area contributed by atoms with Crippen LogP contribution in [0.5, 0.6) is 0 Å². The summed E-state index contributed by atoms with van der Waals surface area (Å²) in [4.78, 5) is 2.57. The van der Waals surface area contributed by atoms with E-state index >= 15 is 0 Å². The highest BCUT2D eigenvalue weighted by molar-refractivity contribution is 4.65. The van der Waals surface area contributed by atoms with Crippen molar-refractivity contribution < 1.29 is 0 Å². The van der Waals surface area contributed by atoms with Crippen LogP contribution in [-0.2, 0) is 0 Å². The molecule has 1 fully saturated rings. The van der Waals surface area contributed by atoms with Gasteiger partial charge >= 0.3 is 0 Å². The molecule has 0 aromatic rings.